The number of carbonyl (C=O) groups is 1. The molecule has 0 unspecified atom stereocenters. The quantitative estimate of drug-likeness (QED) is 0.874. The van der Waals surface area contributed by atoms with E-state index in [2.05, 4.69) is 9.97 Å². The van der Waals surface area contributed by atoms with Gasteiger partial charge in [0.1, 0.15) is 0 Å². The lowest BCUT2D eigenvalue weighted by atomic mass is 10.2. The second-order valence-corrected chi connectivity index (χ2v) is 4.80. The first-order chi connectivity index (χ1) is 9.08. The van der Waals surface area contributed by atoms with Crippen molar-refractivity contribution in [1.29, 1.82) is 0 Å². The molecule has 1 aromatic heterocycles. The Kier molecular flexibility index (Phi) is 4.35. The minimum Gasteiger partial charge on any atom is -0.335 e. The number of amides is 1. The molecule has 19 heavy (non-hydrogen) atoms. The number of benzene rings is 1. The second-order valence-electron chi connectivity index (χ2n) is 3.98. The van der Waals surface area contributed by atoms with Crippen LogP contribution < -0.4 is 0 Å². The molecule has 6 heteroatoms. The first-order valence-corrected chi connectivity index (χ1v) is 6.30. The summed E-state index contributed by atoms with van der Waals surface area (Å²) in [5.74, 6) is -0.0725. The van der Waals surface area contributed by atoms with Crippen molar-refractivity contribution in [3.05, 3.63) is 58.1 Å². The van der Waals surface area contributed by atoms with E-state index in [1.807, 2.05) is 6.07 Å². The summed E-state index contributed by atoms with van der Waals surface area (Å²) in [7, 11) is 1.68. The van der Waals surface area contributed by atoms with E-state index in [4.69, 9.17) is 23.2 Å². The fourth-order valence-electron chi connectivity index (χ4n) is 1.56. The molecular weight excluding hydrogens is 285 g/mol. The monoisotopic (exact) mass is 295 g/mol. The van der Waals surface area contributed by atoms with E-state index >= 15 is 0 Å². The van der Waals surface area contributed by atoms with E-state index in [9.17, 15) is 4.79 Å². The molecule has 0 spiro atoms. The van der Waals surface area contributed by atoms with Crippen molar-refractivity contribution in [3.8, 4) is 0 Å². The van der Waals surface area contributed by atoms with E-state index in [0.717, 1.165) is 5.56 Å². The summed E-state index contributed by atoms with van der Waals surface area (Å²) in [6.07, 6.45) is 3.07. The molecular formula is C13H11Cl2N3O. The standard InChI is InChI=1S/C13H11Cl2N3O/c1-18(13(19)12-16-5-2-6-17-12)8-9-3-4-10(14)11(15)7-9/h2-7H,8H2,1H3. The third-order valence-electron chi connectivity index (χ3n) is 2.51. The lowest BCUT2D eigenvalue weighted by Crippen LogP contribution is -2.27. The van der Waals surface area contributed by atoms with Gasteiger partial charge in [-0.1, -0.05) is 29.3 Å². The van der Waals surface area contributed by atoms with Crippen molar-refractivity contribution in [1.82, 2.24) is 14.9 Å². The van der Waals surface area contributed by atoms with Crippen LogP contribution in [-0.2, 0) is 6.54 Å². The van der Waals surface area contributed by atoms with E-state index in [-0.39, 0.29) is 11.7 Å². The predicted octanol–water partition coefficient (Wildman–Crippen LogP) is 3.06. The van der Waals surface area contributed by atoms with Gasteiger partial charge in [-0.2, -0.15) is 0 Å². The molecule has 0 aliphatic carbocycles. The van der Waals surface area contributed by atoms with E-state index < -0.39 is 0 Å². The third-order valence-corrected chi connectivity index (χ3v) is 3.25. The van der Waals surface area contributed by atoms with Crippen LogP contribution in [0.4, 0.5) is 0 Å². The molecule has 0 aliphatic heterocycles. The van der Waals surface area contributed by atoms with E-state index in [1.165, 1.54) is 17.3 Å². The van der Waals surface area contributed by atoms with Gasteiger partial charge in [0.05, 0.1) is 10.0 Å². The van der Waals surface area contributed by atoms with Crippen molar-refractivity contribution in [3.63, 3.8) is 0 Å². The number of hydrogen-bond donors (Lipinski definition) is 0. The average molecular weight is 296 g/mol. The summed E-state index contributed by atoms with van der Waals surface area (Å²) in [6.45, 7) is 0.411. The molecule has 4 nitrogen and oxygen atoms in total. The van der Waals surface area contributed by atoms with Crippen molar-refractivity contribution >= 4 is 29.1 Å². The average Bonchev–Trinajstić information content (AvgIpc) is 2.43. The van der Waals surface area contributed by atoms with Crippen LogP contribution in [0.5, 0.6) is 0 Å². The Labute approximate surface area is 121 Å². The normalized spacial score (nSPS) is 10.3. The first kappa shape index (κ1) is 13.8. The summed E-state index contributed by atoms with van der Waals surface area (Å²) < 4.78 is 0. The Morgan fingerprint density at radius 1 is 1.21 bits per heavy atom. The number of rotatable bonds is 3. The van der Waals surface area contributed by atoms with Gasteiger partial charge in [0.15, 0.2) is 0 Å². The largest absolute Gasteiger partial charge is 0.335 e. The van der Waals surface area contributed by atoms with Gasteiger partial charge in [0.2, 0.25) is 5.82 Å². The number of aromatic nitrogens is 2. The number of hydrogen-bond acceptors (Lipinski definition) is 3. The Balaban J connectivity index is 2.10. The Hall–Kier alpha value is -1.65. The van der Waals surface area contributed by atoms with Gasteiger partial charge >= 0.3 is 0 Å². The highest BCUT2D eigenvalue weighted by Gasteiger charge is 2.14. The lowest BCUT2D eigenvalue weighted by molar-refractivity contribution is 0.0773. The van der Waals surface area contributed by atoms with Crippen LogP contribution in [0.3, 0.4) is 0 Å². The molecule has 0 bridgehead atoms. The molecule has 0 saturated heterocycles. The molecule has 2 aromatic rings. The summed E-state index contributed by atoms with van der Waals surface area (Å²) in [5, 5.41) is 0.960. The second kappa shape index (κ2) is 5.99. The summed E-state index contributed by atoms with van der Waals surface area (Å²) in [4.78, 5) is 21.4. The maximum Gasteiger partial charge on any atom is 0.291 e. The van der Waals surface area contributed by atoms with Crippen molar-refractivity contribution < 1.29 is 4.79 Å². The summed E-state index contributed by atoms with van der Waals surface area (Å²) in [6, 6.07) is 6.93. The van der Waals surface area contributed by atoms with Gasteiger partial charge in [-0.3, -0.25) is 4.79 Å². The SMILES string of the molecule is CN(Cc1ccc(Cl)c(Cl)c1)C(=O)c1ncccn1. The zero-order valence-corrected chi connectivity index (χ0v) is 11.7. The molecule has 2 rings (SSSR count). The maximum atomic E-state index is 12.0. The number of nitrogens with zero attached hydrogens (tertiary/aromatic N) is 3. The molecule has 0 atom stereocenters. The fraction of sp³-hybridized carbons (Fsp3) is 0.154. The lowest BCUT2D eigenvalue weighted by Gasteiger charge is -2.16. The Bertz CT molecular complexity index is 590. The molecule has 98 valence electrons. The van der Waals surface area contributed by atoms with Crippen LogP contribution in [0.25, 0.3) is 0 Å². The van der Waals surface area contributed by atoms with Gasteiger partial charge in [-0.15, -0.1) is 0 Å². The molecule has 0 fully saturated rings. The smallest absolute Gasteiger partial charge is 0.291 e. The molecule has 0 saturated carbocycles. The van der Waals surface area contributed by atoms with Crippen molar-refractivity contribution in [2.45, 2.75) is 6.54 Å². The summed E-state index contributed by atoms with van der Waals surface area (Å²) in [5.41, 5.74) is 0.890. The highest BCUT2D eigenvalue weighted by molar-refractivity contribution is 6.42. The van der Waals surface area contributed by atoms with E-state index in [0.29, 0.717) is 16.6 Å². The molecule has 1 aromatic carbocycles. The highest BCUT2D eigenvalue weighted by atomic mass is 35.5. The molecule has 0 aliphatic rings. The van der Waals surface area contributed by atoms with Gasteiger partial charge in [-0.25, -0.2) is 9.97 Å². The minimum atomic E-state index is -0.244. The topological polar surface area (TPSA) is 46.1 Å². The molecule has 1 amide bonds. The predicted molar refractivity (Wildman–Crippen MR) is 74.3 cm³/mol. The van der Waals surface area contributed by atoms with Gasteiger partial charge in [0, 0.05) is 26.0 Å². The zero-order chi connectivity index (χ0) is 13.8. The van der Waals surface area contributed by atoms with Gasteiger partial charge in [-0.05, 0) is 23.8 Å². The fourth-order valence-corrected chi connectivity index (χ4v) is 1.88. The molecule has 0 radical (unpaired) electrons. The van der Waals surface area contributed by atoms with Crippen LogP contribution in [0.15, 0.2) is 36.7 Å². The number of halogens is 2. The summed E-state index contributed by atoms with van der Waals surface area (Å²) >= 11 is 11.8. The zero-order valence-electron chi connectivity index (χ0n) is 10.2. The van der Waals surface area contributed by atoms with Gasteiger partial charge < -0.3 is 4.90 Å². The third kappa shape index (κ3) is 3.43. The van der Waals surface area contributed by atoms with Gasteiger partial charge in [0.25, 0.3) is 5.91 Å². The van der Waals surface area contributed by atoms with Crippen molar-refractivity contribution in [2.75, 3.05) is 7.05 Å². The Morgan fingerprint density at radius 3 is 2.53 bits per heavy atom. The van der Waals surface area contributed by atoms with Crippen LogP contribution in [0, 0.1) is 0 Å². The van der Waals surface area contributed by atoms with Crippen LogP contribution in [0.2, 0.25) is 10.0 Å². The van der Waals surface area contributed by atoms with Crippen molar-refractivity contribution in [2.24, 2.45) is 0 Å². The molecule has 1 heterocycles. The highest BCUT2D eigenvalue weighted by Crippen LogP contribution is 2.23. The van der Waals surface area contributed by atoms with Crippen LogP contribution >= 0.6 is 23.2 Å². The minimum absolute atomic E-state index is 0.171. The first-order valence-electron chi connectivity index (χ1n) is 5.54. The van der Waals surface area contributed by atoms with E-state index in [1.54, 1.807) is 25.2 Å². The van der Waals surface area contributed by atoms with Crippen LogP contribution in [0.1, 0.15) is 16.2 Å². The number of carbonyl (C=O) groups excluding carboxylic acids is 1. The maximum absolute atomic E-state index is 12.0. The molecule has 0 N–H and O–H groups in total. The van der Waals surface area contributed by atoms with Crippen LogP contribution in [-0.4, -0.2) is 27.8 Å². The Morgan fingerprint density at radius 2 is 1.89 bits per heavy atom.